The van der Waals surface area contributed by atoms with Crippen LogP contribution in [0.2, 0.25) is 5.02 Å². The Morgan fingerprint density at radius 3 is 2.55 bits per heavy atom. The van der Waals surface area contributed by atoms with E-state index in [9.17, 15) is 0 Å². The lowest BCUT2D eigenvalue weighted by molar-refractivity contribution is 0.415. The molecular weight excluding hydrogens is 292 g/mol. The number of ether oxygens (including phenoxy) is 1. The van der Waals surface area contributed by atoms with Crippen LogP contribution in [0.25, 0.3) is 0 Å². The fraction of sp³-hybridized carbons (Fsp3) is 0.133. The molecule has 0 atom stereocenters. The maximum atomic E-state index is 6.07. The summed E-state index contributed by atoms with van der Waals surface area (Å²) < 4.78 is 5.11. The van der Waals surface area contributed by atoms with Gasteiger partial charge in [0.15, 0.2) is 5.11 Å². The van der Waals surface area contributed by atoms with Crippen molar-refractivity contribution in [3.63, 3.8) is 0 Å². The van der Waals surface area contributed by atoms with E-state index in [-0.39, 0.29) is 0 Å². The molecule has 0 aliphatic carbocycles. The highest BCUT2D eigenvalue weighted by molar-refractivity contribution is 7.80. The molecule has 2 N–H and O–H groups in total. The van der Waals surface area contributed by atoms with Crippen LogP contribution in [0.5, 0.6) is 5.75 Å². The molecule has 0 aromatic heterocycles. The minimum absolute atomic E-state index is 0.514. The van der Waals surface area contributed by atoms with Crippen LogP contribution in [0, 0.1) is 6.92 Å². The Kier molecular flexibility index (Phi) is 4.82. The zero-order chi connectivity index (χ0) is 14.5. The Hall–Kier alpha value is -1.78. The predicted molar refractivity (Wildman–Crippen MR) is 89.0 cm³/mol. The topological polar surface area (TPSA) is 33.3 Å². The first-order chi connectivity index (χ1) is 9.60. The average molecular weight is 307 g/mol. The molecule has 0 bridgehead atoms. The van der Waals surface area contributed by atoms with Crippen LogP contribution >= 0.6 is 23.8 Å². The van der Waals surface area contributed by atoms with Gasteiger partial charge in [0.2, 0.25) is 0 Å². The zero-order valence-electron chi connectivity index (χ0n) is 11.2. The molecule has 3 nitrogen and oxygen atoms in total. The first-order valence-electron chi connectivity index (χ1n) is 6.07. The minimum atomic E-state index is 0.514. The van der Waals surface area contributed by atoms with E-state index in [2.05, 4.69) is 10.6 Å². The van der Waals surface area contributed by atoms with E-state index in [1.165, 1.54) is 0 Å². The number of para-hydroxylation sites is 1. The molecule has 0 spiro atoms. The molecule has 104 valence electrons. The molecule has 2 rings (SSSR count). The van der Waals surface area contributed by atoms with E-state index in [1.807, 2.05) is 37.3 Å². The van der Waals surface area contributed by atoms with E-state index < -0.39 is 0 Å². The molecule has 5 heteroatoms. The Balaban J connectivity index is 2.05. The standard InChI is InChI=1S/C15H15ClN2OS/c1-10-5-3-4-6-13(10)18-15(20)17-11-7-8-14(19-2)12(16)9-11/h3-9H,1-2H3,(H2,17,18,20). The molecular formula is C15H15ClN2OS. The van der Waals surface area contributed by atoms with Gasteiger partial charge in [0.25, 0.3) is 0 Å². The van der Waals surface area contributed by atoms with Crippen molar-refractivity contribution in [1.82, 2.24) is 0 Å². The number of rotatable bonds is 3. The van der Waals surface area contributed by atoms with Crippen LogP contribution in [-0.2, 0) is 0 Å². The number of methoxy groups -OCH3 is 1. The fourth-order valence-electron chi connectivity index (χ4n) is 1.74. The third-order valence-electron chi connectivity index (χ3n) is 2.80. The SMILES string of the molecule is COc1ccc(NC(=S)Nc2ccccc2C)cc1Cl. The van der Waals surface area contributed by atoms with Crippen molar-refractivity contribution in [2.24, 2.45) is 0 Å². The predicted octanol–water partition coefficient (Wildman–Crippen LogP) is 4.47. The Morgan fingerprint density at radius 1 is 1.15 bits per heavy atom. The highest BCUT2D eigenvalue weighted by Gasteiger charge is 2.04. The molecule has 20 heavy (non-hydrogen) atoms. The number of benzene rings is 2. The van der Waals surface area contributed by atoms with Gasteiger partial charge < -0.3 is 15.4 Å². The van der Waals surface area contributed by atoms with Crippen molar-refractivity contribution < 1.29 is 4.74 Å². The summed E-state index contributed by atoms with van der Waals surface area (Å²) in [5, 5.41) is 7.30. The van der Waals surface area contributed by atoms with Gasteiger partial charge in [-0.1, -0.05) is 29.8 Å². The van der Waals surface area contributed by atoms with E-state index in [0.29, 0.717) is 15.9 Å². The number of halogens is 1. The number of anilines is 2. The van der Waals surface area contributed by atoms with Gasteiger partial charge in [0, 0.05) is 11.4 Å². The van der Waals surface area contributed by atoms with Gasteiger partial charge in [-0.3, -0.25) is 0 Å². The molecule has 0 aliphatic rings. The van der Waals surface area contributed by atoms with Crippen molar-refractivity contribution >= 4 is 40.3 Å². The lowest BCUT2D eigenvalue weighted by Crippen LogP contribution is -2.19. The molecule has 0 heterocycles. The molecule has 0 saturated heterocycles. The van der Waals surface area contributed by atoms with Crippen molar-refractivity contribution in [1.29, 1.82) is 0 Å². The normalized spacial score (nSPS) is 9.95. The molecule has 0 amide bonds. The largest absolute Gasteiger partial charge is 0.495 e. The molecule has 0 saturated carbocycles. The number of hydrogen-bond acceptors (Lipinski definition) is 2. The van der Waals surface area contributed by atoms with Gasteiger partial charge in [-0.25, -0.2) is 0 Å². The molecule has 0 aliphatic heterocycles. The first kappa shape index (κ1) is 14.6. The first-order valence-corrected chi connectivity index (χ1v) is 6.86. The molecule has 2 aromatic rings. The fourth-order valence-corrected chi connectivity index (χ4v) is 2.23. The quantitative estimate of drug-likeness (QED) is 0.820. The van der Waals surface area contributed by atoms with Crippen LogP contribution < -0.4 is 15.4 Å². The summed E-state index contributed by atoms with van der Waals surface area (Å²) >= 11 is 11.4. The highest BCUT2D eigenvalue weighted by atomic mass is 35.5. The van der Waals surface area contributed by atoms with Gasteiger partial charge in [0.05, 0.1) is 12.1 Å². The van der Waals surface area contributed by atoms with Crippen molar-refractivity contribution in [2.75, 3.05) is 17.7 Å². The summed E-state index contributed by atoms with van der Waals surface area (Å²) in [6, 6.07) is 13.4. The third-order valence-corrected chi connectivity index (χ3v) is 3.30. The molecule has 0 unspecified atom stereocenters. The van der Waals surface area contributed by atoms with Crippen molar-refractivity contribution in [3.05, 3.63) is 53.1 Å². The van der Waals surface area contributed by atoms with Crippen LogP contribution in [0.15, 0.2) is 42.5 Å². The lowest BCUT2D eigenvalue weighted by Gasteiger charge is -2.13. The number of thiocarbonyl (C=S) groups is 1. The van der Waals surface area contributed by atoms with Gasteiger partial charge in [-0.2, -0.15) is 0 Å². The van der Waals surface area contributed by atoms with Crippen molar-refractivity contribution in [3.8, 4) is 5.75 Å². The van der Waals surface area contributed by atoms with Crippen LogP contribution in [0.1, 0.15) is 5.56 Å². The summed E-state index contributed by atoms with van der Waals surface area (Å²) in [6.07, 6.45) is 0. The second-order valence-electron chi connectivity index (χ2n) is 4.24. The Labute approximate surface area is 128 Å². The summed E-state index contributed by atoms with van der Waals surface area (Å²) in [5.74, 6) is 0.634. The van der Waals surface area contributed by atoms with E-state index in [4.69, 9.17) is 28.6 Å². The second kappa shape index (κ2) is 6.59. The monoisotopic (exact) mass is 306 g/mol. The molecule has 2 aromatic carbocycles. The third kappa shape index (κ3) is 3.62. The van der Waals surface area contributed by atoms with Gasteiger partial charge in [0.1, 0.15) is 5.75 Å². The van der Waals surface area contributed by atoms with Gasteiger partial charge in [-0.15, -0.1) is 0 Å². The maximum Gasteiger partial charge on any atom is 0.175 e. The number of aryl methyl sites for hydroxylation is 1. The minimum Gasteiger partial charge on any atom is -0.495 e. The van der Waals surface area contributed by atoms with Gasteiger partial charge in [-0.05, 0) is 49.0 Å². The second-order valence-corrected chi connectivity index (χ2v) is 5.06. The van der Waals surface area contributed by atoms with Crippen LogP contribution in [0.4, 0.5) is 11.4 Å². The highest BCUT2D eigenvalue weighted by Crippen LogP contribution is 2.27. The average Bonchev–Trinajstić information content (AvgIpc) is 2.41. The smallest absolute Gasteiger partial charge is 0.175 e. The van der Waals surface area contributed by atoms with Crippen LogP contribution in [-0.4, -0.2) is 12.2 Å². The zero-order valence-corrected chi connectivity index (χ0v) is 12.8. The summed E-state index contributed by atoms with van der Waals surface area (Å²) in [7, 11) is 1.58. The van der Waals surface area contributed by atoms with Crippen molar-refractivity contribution in [2.45, 2.75) is 6.92 Å². The summed E-state index contributed by atoms with van der Waals surface area (Å²) in [5.41, 5.74) is 2.91. The summed E-state index contributed by atoms with van der Waals surface area (Å²) in [4.78, 5) is 0. The number of hydrogen-bond donors (Lipinski definition) is 2. The van der Waals surface area contributed by atoms with E-state index in [1.54, 1.807) is 19.2 Å². The maximum absolute atomic E-state index is 6.07. The van der Waals surface area contributed by atoms with E-state index in [0.717, 1.165) is 16.9 Å². The molecule has 0 radical (unpaired) electrons. The summed E-state index contributed by atoms with van der Waals surface area (Å²) in [6.45, 7) is 2.02. The lowest BCUT2D eigenvalue weighted by atomic mass is 10.2. The number of nitrogens with one attached hydrogen (secondary N) is 2. The van der Waals surface area contributed by atoms with E-state index >= 15 is 0 Å². The van der Waals surface area contributed by atoms with Gasteiger partial charge >= 0.3 is 0 Å². The Bertz CT molecular complexity index is 631. The Morgan fingerprint density at radius 2 is 1.90 bits per heavy atom. The van der Waals surface area contributed by atoms with Crippen LogP contribution in [0.3, 0.4) is 0 Å². The molecule has 0 fully saturated rings.